The molecular weight excluding hydrogens is 284 g/mol. The number of hydrogen-bond donors (Lipinski definition) is 1. The molecule has 6 heteroatoms. The molecule has 0 fully saturated rings. The molecule has 2 N–H and O–H groups in total. The predicted molar refractivity (Wildman–Crippen MR) is 85.5 cm³/mol. The quantitative estimate of drug-likeness (QED) is 0.592. The van der Waals surface area contributed by atoms with E-state index in [2.05, 4.69) is 9.97 Å². The van der Waals surface area contributed by atoms with Crippen LogP contribution in [0.25, 0.3) is 11.0 Å². The average molecular weight is 298 g/mol. The van der Waals surface area contributed by atoms with Crippen LogP contribution in [0.3, 0.4) is 0 Å². The maximum atomic E-state index is 12.3. The highest BCUT2D eigenvalue weighted by Gasteiger charge is 2.10. The van der Waals surface area contributed by atoms with Gasteiger partial charge in [-0.3, -0.25) is 9.36 Å². The lowest BCUT2D eigenvalue weighted by atomic mass is 10.2. The van der Waals surface area contributed by atoms with Crippen molar-refractivity contribution in [3.05, 3.63) is 58.5 Å². The molecule has 3 aromatic rings. The fourth-order valence-electron chi connectivity index (χ4n) is 2.18. The van der Waals surface area contributed by atoms with E-state index in [0.29, 0.717) is 28.4 Å². The molecule has 106 valence electrons. The van der Waals surface area contributed by atoms with E-state index >= 15 is 0 Å². The lowest BCUT2D eigenvalue weighted by Crippen LogP contribution is -2.22. The van der Waals surface area contributed by atoms with Crippen molar-refractivity contribution in [3.63, 3.8) is 0 Å². The van der Waals surface area contributed by atoms with Crippen LogP contribution in [-0.2, 0) is 6.54 Å². The number of benzene rings is 1. The van der Waals surface area contributed by atoms with Gasteiger partial charge in [0, 0.05) is 18.0 Å². The van der Waals surface area contributed by atoms with Crippen LogP contribution in [0, 0.1) is 0 Å². The minimum atomic E-state index is -0.158. The second kappa shape index (κ2) is 5.57. The topological polar surface area (TPSA) is 73.8 Å². The van der Waals surface area contributed by atoms with Crippen LogP contribution in [0.2, 0.25) is 0 Å². The average Bonchev–Trinajstić information content (AvgIpc) is 2.52. The van der Waals surface area contributed by atoms with Crippen LogP contribution in [0.4, 0.5) is 5.69 Å². The van der Waals surface area contributed by atoms with Gasteiger partial charge in [-0.2, -0.15) is 0 Å². The van der Waals surface area contributed by atoms with E-state index in [0.717, 1.165) is 5.56 Å². The highest BCUT2D eigenvalue weighted by atomic mass is 32.2. The van der Waals surface area contributed by atoms with Crippen molar-refractivity contribution in [2.75, 3.05) is 12.0 Å². The molecule has 1 aromatic carbocycles. The van der Waals surface area contributed by atoms with Gasteiger partial charge in [0.1, 0.15) is 5.65 Å². The molecule has 0 saturated heterocycles. The number of thioether (sulfide) groups is 1. The molecule has 5 nitrogen and oxygen atoms in total. The summed E-state index contributed by atoms with van der Waals surface area (Å²) in [4.78, 5) is 20.9. The first-order valence-electron chi connectivity index (χ1n) is 6.43. The van der Waals surface area contributed by atoms with Crippen LogP contribution < -0.4 is 11.3 Å². The lowest BCUT2D eigenvalue weighted by molar-refractivity contribution is 0.772. The molecule has 0 atom stereocenters. The number of rotatable bonds is 3. The lowest BCUT2D eigenvalue weighted by Gasteiger charge is -2.11. The summed E-state index contributed by atoms with van der Waals surface area (Å²) in [5, 5.41) is 1.32. The number of pyridine rings is 1. The second-order valence-electron chi connectivity index (χ2n) is 4.60. The molecule has 0 radical (unpaired) electrons. The Morgan fingerprint density at radius 3 is 2.76 bits per heavy atom. The first-order valence-corrected chi connectivity index (χ1v) is 7.65. The van der Waals surface area contributed by atoms with Gasteiger partial charge < -0.3 is 5.73 Å². The molecule has 3 rings (SSSR count). The largest absolute Gasteiger partial charge is 0.398 e. The van der Waals surface area contributed by atoms with E-state index in [4.69, 9.17) is 5.73 Å². The van der Waals surface area contributed by atoms with Gasteiger partial charge >= 0.3 is 0 Å². The van der Waals surface area contributed by atoms with Gasteiger partial charge in [0.2, 0.25) is 0 Å². The van der Waals surface area contributed by atoms with Crippen molar-refractivity contribution in [3.8, 4) is 0 Å². The van der Waals surface area contributed by atoms with Crippen molar-refractivity contribution >= 4 is 28.5 Å². The van der Waals surface area contributed by atoms with E-state index in [-0.39, 0.29) is 5.56 Å². The Balaban J connectivity index is 2.23. The summed E-state index contributed by atoms with van der Waals surface area (Å²) in [6.07, 6.45) is 3.57. The van der Waals surface area contributed by atoms with Gasteiger partial charge in [-0.15, -0.1) is 0 Å². The Hall–Kier alpha value is -2.34. The van der Waals surface area contributed by atoms with E-state index in [9.17, 15) is 4.79 Å². The summed E-state index contributed by atoms with van der Waals surface area (Å²) >= 11 is 1.43. The summed E-state index contributed by atoms with van der Waals surface area (Å²) in [7, 11) is 0. The Morgan fingerprint density at radius 2 is 2.05 bits per heavy atom. The molecule has 2 heterocycles. The fourth-order valence-corrected chi connectivity index (χ4v) is 2.51. The smallest absolute Gasteiger partial charge is 0.254 e. The Labute approximate surface area is 125 Å². The molecule has 0 aliphatic rings. The molecule has 0 spiro atoms. The third-order valence-electron chi connectivity index (χ3n) is 3.22. The van der Waals surface area contributed by atoms with Crippen molar-refractivity contribution in [2.24, 2.45) is 0 Å². The monoisotopic (exact) mass is 298 g/mol. The molecule has 0 amide bonds. The number of nitrogens with two attached hydrogens (primary N) is 1. The van der Waals surface area contributed by atoms with Gasteiger partial charge in [0.15, 0.2) is 5.16 Å². The summed E-state index contributed by atoms with van der Waals surface area (Å²) in [6.45, 7) is 0.460. The Kier molecular flexibility index (Phi) is 3.62. The van der Waals surface area contributed by atoms with Crippen LogP contribution in [0.1, 0.15) is 5.56 Å². The maximum Gasteiger partial charge on any atom is 0.254 e. The third kappa shape index (κ3) is 2.62. The molecular formula is C15H14N4OS. The first kappa shape index (κ1) is 13.6. The van der Waals surface area contributed by atoms with Gasteiger partial charge in [0.05, 0.1) is 11.9 Å². The summed E-state index contributed by atoms with van der Waals surface area (Å²) < 4.78 is 1.63. The molecule has 0 aliphatic carbocycles. The third-order valence-corrected chi connectivity index (χ3v) is 3.79. The van der Waals surface area contributed by atoms with Gasteiger partial charge in [0.25, 0.3) is 5.56 Å². The van der Waals surface area contributed by atoms with Crippen LogP contribution >= 0.6 is 11.8 Å². The van der Waals surface area contributed by atoms with E-state index in [1.807, 2.05) is 36.6 Å². The Morgan fingerprint density at radius 1 is 1.29 bits per heavy atom. The summed E-state index contributed by atoms with van der Waals surface area (Å²) in [5.41, 5.74) is 7.77. The molecule has 2 aromatic heterocycles. The standard InChI is InChI=1S/C15H14N4OS/c1-21-15-17-8-11-12(16)7-13(20)19(14(11)18-15)9-10-5-3-2-4-6-10/h2-8H,9,16H2,1H3. The zero-order valence-electron chi connectivity index (χ0n) is 11.5. The number of nitrogen functional groups attached to an aromatic ring is 1. The number of nitrogens with zero attached hydrogens (tertiary/aromatic N) is 3. The SMILES string of the molecule is CSc1ncc2c(N)cc(=O)n(Cc3ccccc3)c2n1. The van der Waals surface area contributed by atoms with E-state index in [1.165, 1.54) is 17.8 Å². The van der Waals surface area contributed by atoms with Gasteiger partial charge in [-0.05, 0) is 11.8 Å². The number of aromatic nitrogens is 3. The van der Waals surface area contributed by atoms with Gasteiger partial charge in [-0.25, -0.2) is 9.97 Å². The number of fused-ring (bicyclic) bond motifs is 1. The zero-order valence-corrected chi connectivity index (χ0v) is 12.3. The molecule has 0 saturated carbocycles. The maximum absolute atomic E-state index is 12.3. The van der Waals surface area contributed by atoms with Crippen molar-refractivity contribution in [2.45, 2.75) is 11.7 Å². The molecule has 0 aliphatic heterocycles. The van der Waals surface area contributed by atoms with Crippen LogP contribution in [-0.4, -0.2) is 20.8 Å². The second-order valence-corrected chi connectivity index (χ2v) is 5.38. The minimum Gasteiger partial charge on any atom is -0.398 e. The van der Waals surface area contributed by atoms with E-state index in [1.54, 1.807) is 10.8 Å². The summed E-state index contributed by atoms with van der Waals surface area (Å²) in [5.74, 6) is 0. The molecule has 0 unspecified atom stereocenters. The van der Waals surface area contributed by atoms with Gasteiger partial charge in [-0.1, -0.05) is 42.1 Å². The number of anilines is 1. The Bertz CT molecular complexity index is 845. The van der Waals surface area contributed by atoms with Crippen molar-refractivity contribution in [1.82, 2.24) is 14.5 Å². The minimum absolute atomic E-state index is 0.158. The van der Waals surface area contributed by atoms with E-state index < -0.39 is 0 Å². The molecule has 0 bridgehead atoms. The van der Waals surface area contributed by atoms with Crippen molar-refractivity contribution < 1.29 is 0 Å². The normalized spacial score (nSPS) is 10.9. The first-order chi connectivity index (χ1) is 10.2. The van der Waals surface area contributed by atoms with Crippen LogP contribution in [0.5, 0.6) is 0 Å². The van der Waals surface area contributed by atoms with Crippen LogP contribution in [0.15, 0.2) is 52.5 Å². The highest BCUT2D eigenvalue weighted by molar-refractivity contribution is 7.98. The zero-order chi connectivity index (χ0) is 14.8. The number of hydrogen-bond acceptors (Lipinski definition) is 5. The fraction of sp³-hybridized carbons (Fsp3) is 0.133. The predicted octanol–water partition coefficient (Wildman–Crippen LogP) is 2.14. The highest BCUT2D eigenvalue weighted by Crippen LogP contribution is 2.19. The molecule has 21 heavy (non-hydrogen) atoms. The van der Waals surface area contributed by atoms with Crippen molar-refractivity contribution in [1.29, 1.82) is 0 Å². The summed E-state index contributed by atoms with van der Waals surface area (Å²) in [6, 6.07) is 11.2.